The fourth-order valence-electron chi connectivity index (χ4n) is 5.57. The van der Waals surface area contributed by atoms with Crippen molar-refractivity contribution in [3.05, 3.63) is 72.2 Å². The van der Waals surface area contributed by atoms with Gasteiger partial charge in [-0.1, -0.05) is 24.4 Å². The maximum Gasteiger partial charge on any atom is 0.327 e. The molecule has 3 aliphatic rings. The molecule has 12 heteroatoms. The van der Waals surface area contributed by atoms with Gasteiger partial charge in [0.2, 0.25) is 23.6 Å². The van der Waals surface area contributed by atoms with Crippen LogP contribution in [0.2, 0.25) is 0 Å². The van der Waals surface area contributed by atoms with Crippen molar-refractivity contribution in [3.8, 4) is 11.8 Å². The molecule has 1 fully saturated rings. The molecule has 1 aliphatic carbocycles. The van der Waals surface area contributed by atoms with Gasteiger partial charge < -0.3 is 20.7 Å². The van der Waals surface area contributed by atoms with E-state index in [1.54, 1.807) is 35.5 Å². The molecule has 3 aromatic rings. The number of aryl methyl sites for hydroxylation is 2. The van der Waals surface area contributed by atoms with Crippen molar-refractivity contribution in [2.75, 3.05) is 4.90 Å². The van der Waals surface area contributed by atoms with Gasteiger partial charge in [-0.25, -0.2) is 19.7 Å². The average Bonchev–Trinajstić information content (AvgIpc) is 3.54. The van der Waals surface area contributed by atoms with Gasteiger partial charge in [-0.2, -0.15) is 0 Å². The van der Waals surface area contributed by atoms with Gasteiger partial charge in [-0.05, 0) is 56.9 Å². The van der Waals surface area contributed by atoms with Crippen LogP contribution in [-0.4, -0.2) is 50.1 Å². The summed E-state index contributed by atoms with van der Waals surface area (Å²) in [6, 6.07) is 7.77. The van der Waals surface area contributed by atoms with E-state index in [2.05, 4.69) is 37.5 Å². The van der Waals surface area contributed by atoms with E-state index in [9.17, 15) is 14.4 Å². The number of aromatic nitrogens is 3. The third-order valence-electron chi connectivity index (χ3n) is 7.49. The number of hydrogen-bond acceptors (Lipinski definition) is 8. The van der Waals surface area contributed by atoms with Crippen LogP contribution in [0.4, 0.5) is 16.2 Å². The first-order valence-electron chi connectivity index (χ1n) is 13.4. The largest absolute Gasteiger partial charge is 0.421 e. The Kier molecular flexibility index (Phi) is 7.08. The molecule has 2 aliphatic heterocycles. The van der Waals surface area contributed by atoms with Gasteiger partial charge in [0.15, 0.2) is 0 Å². The third-order valence-corrected chi connectivity index (χ3v) is 8.78. The molecule has 0 spiro atoms. The molecule has 3 aromatic heterocycles. The SMILES string of the molecule is C=CC(=O)N[C@H]1CCC[C@H]1NC(=O)C1Sc2nccc3c2C1NC(=O)N3c1cnc(Oc2cccc(C)n2)cc1C. The van der Waals surface area contributed by atoms with Crippen LogP contribution in [0.5, 0.6) is 11.8 Å². The zero-order chi connectivity index (χ0) is 28.7. The van der Waals surface area contributed by atoms with Crippen LogP contribution in [0.3, 0.4) is 0 Å². The second kappa shape index (κ2) is 10.8. The highest BCUT2D eigenvalue weighted by Crippen LogP contribution is 2.51. The summed E-state index contributed by atoms with van der Waals surface area (Å²) in [5.41, 5.74) is 3.64. The second-order valence-corrected chi connectivity index (χ2v) is 11.4. The maximum atomic E-state index is 13.6. The van der Waals surface area contributed by atoms with Crippen molar-refractivity contribution in [1.29, 1.82) is 0 Å². The van der Waals surface area contributed by atoms with Crippen molar-refractivity contribution in [3.63, 3.8) is 0 Å². The molecule has 0 radical (unpaired) electrons. The van der Waals surface area contributed by atoms with E-state index >= 15 is 0 Å². The van der Waals surface area contributed by atoms with E-state index < -0.39 is 11.3 Å². The minimum atomic E-state index is -0.599. The first-order valence-corrected chi connectivity index (χ1v) is 14.3. The molecule has 5 heterocycles. The lowest BCUT2D eigenvalue weighted by Crippen LogP contribution is -2.53. The van der Waals surface area contributed by atoms with Gasteiger partial charge in [0.25, 0.3) is 0 Å². The number of amides is 4. The summed E-state index contributed by atoms with van der Waals surface area (Å²) >= 11 is 1.33. The summed E-state index contributed by atoms with van der Waals surface area (Å²) in [4.78, 5) is 53.8. The number of urea groups is 1. The first-order chi connectivity index (χ1) is 19.8. The predicted molar refractivity (Wildman–Crippen MR) is 153 cm³/mol. The highest BCUT2D eigenvalue weighted by atomic mass is 32.2. The summed E-state index contributed by atoms with van der Waals surface area (Å²) in [6.45, 7) is 7.27. The Morgan fingerprint density at radius 2 is 1.93 bits per heavy atom. The normalized spacial score (nSPS) is 22.5. The Hall–Kier alpha value is -4.45. The lowest BCUT2D eigenvalue weighted by Gasteiger charge is -2.35. The van der Waals surface area contributed by atoms with Crippen molar-refractivity contribution in [2.24, 2.45) is 0 Å². The van der Waals surface area contributed by atoms with Gasteiger partial charge in [-0.15, -0.1) is 0 Å². The number of rotatable bonds is 7. The Morgan fingerprint density at radius 1 is 1.12 bits per heavy atom. The number of thioether (sulfide) groups is 1. The molecule has 0 bridgehead atoms. The van der Waals surface area contributed by atoms with Gasteiger partial charge >= 0.3 is 6.03 Å². The maximum absolute atomic E-state index is 13.6. The molecule has 11 nitrogen and oxygen atoms in total. The standard InChI is InChI=1S/C29H29N7O4S/c1-4-21(37)33-17-8-6-9-18(17)34-27(38)26-25-24-19(11-12-30-28(24)41-26)36(29(39)35-25)20-14-31-23(13-15(20)2)40-22-10-5-7-16(3)32-22/h4-5,7,10-14,17-18,25-26H,1,6,8-9H2,2-3H3,(H,33,37)(H,34,38)(H,35,39)/t17-,18+,25?,26?/m0/s1. The zero-order valence-electron chi connectivity index (χ0n) is 22.6. The lowest BCUT2D eigenvalue weighted by atomic mass is 9.99. The van der Waals surface area contributed by atoms with Crippen LogP contribution in [0.25, 0.3) is 0 Å². The van der Waals surface area contributed by atoms with Crippen LogP contribution in [0, 0.1) is 13.8 Å². The van der Waals surface area contributed by atoms with Crippen LogP contribution in [-0.2, 0) is 9.59 Å². The summed E-state index contributed by atoms with van der Waals surface area (Å²) in [7, 11) is 0. The van der Waals surface area contributed by atoms with E-state index in [1.807, 2.05) is 26.0 Å². The van der Waals surface area contributed by atoms with Crippen molar-refractivity contribution < 1.29 is 19.1 Å². The zero-order valence-corrected chi connectivity index (χ0v) is 23.4. The fourth-order valence-corrected chi connectivity index (χ4v) is 6.81. The second-order valence-electron chi connectivity index (χ2n) is 10.2. The van der Waals surface area contributed by atoms with E-state index in [4.69, 9.17) is 4.74 Å². The number of hydrogen-bond donors (Lipinski definition) is 3. The van der Waals surface area contributed by atoms with E-state index in [0.29, 0.717) is 28.2 Å². The summed E-state index contributed by atoms with van der Waals surface area (Å²) in [6.07, 6.45) is 6.91. The molecule has 0 saturated heterocycles. The predicted octanol–water partition coefficient (Wildman–Crippen LogP) is 4.00. The Labute approximate surface area is 241 Å². The van der Waals surface area contributed by atoms with Crippen LogP contribution in [0.15, 0.2) is 60.4 Å². The molecule has 210 valence electrons. The Balaban J connectivity index is 1.23. The van der Waals surface area contributed by atoms with Gasteiger partial charge in [-0.3, -0.25) is 14.5 Å². The van der Waals surface area contributed by atoms with Crippen LogP contribution >= 0.6 is 11.8 Å². The number of carbonyl (C=O) groups is 3. The van der Waals surface area contributed by atoms with E-state index in [-0.39, 0.29) is 29.9 Å². The Bertz CT molecular complexity index is 1560. The summed E-state index contributed by atoms with van der Waals surface area (Å²) in [5, 5.41) is 9.14. The quantitative estimate of drug-likeness (QED) is 0.362. The minimum absolute atomic E-state index is 0.160. The number of ether oxygens (including phenoxy) is 1. The highest BCUT2D eigenvalue weighted by Gasteiger charge is 2.47. The smallest absolute Gasteiger partial charge is 0.327 e. The van der Waals surface area contributed by atoms with Crippen molar-refractivity contribution in [2.45, 2.75) is 61.5 Å². The van der Waals surface area contributed by atoms with Crippen molar-refractivity contribution in [1.82, 2.24) is 30.9 Å². The summed E-state index contributed by atoms with van der Waals surface area (Å²) in [5.74, 6) is 0.333. The number of anilines is 2. The van der Waals surface area contributed by atoms with Gasteiger partial charge in [0, 0.05) is 41.7 Å². The lowest BCUT2D eigenvalue weighted by molar-refractivity contribution is -0.122. The minimum Gasteiger partial charge on any atom is -0.421 e. The Morgan fingerprint density at radius 3 is 2.68 bits per heavy atom. The summed E-state index contributed by atoms with van der Waals surface area (Å²) < 4.78 is 5.83. The molecule has 4 amide bonds. The van der Waals surface area contributed by atoms with Gasteiger partial charge in [0.1, 0.15) is 10.3 Å². The van der Waals surface area contributed by atoms with Crippen molar-refractivity contribution >= 4 is 41.0 Å². The molecule has 6 rings (SSSR count). The fraction of sp³-hybridized carbons (Fsp3) is 0.310. The molecule has 0 aromatic carbocycles. The molecule has 4 atom stereocenters. The number of nitrogens with zero attached hydrogens (tertiary/aromatic N) is 4. The molecule has 2 unspecified atom stereocenters. The van der Waals surface area contributed by atoms with Gasteiger partial charge in [0.05, 0.1) is 23.6 Å². The first kappa shape index (κ1) is 26.8. The number of nitrogens with one attached hydrogen (secondary N) is 3. The molecular weight excluding hydrogens is 542 g/mol. The molecule has 41 heavy (non-hydrogen) atoms. The van der Waals surface area contributed by atoms with E-state index in [1.165, 1.54) is 17.8 Å². The monoisotopic (exact) mass is 571 g/mol. The molecular formula is C29H29N7O4S. The average molecular weight is 572 g/mol. The number of pyridine rings is 3. The highest BCUT2D eigenvalue weighted by molar-refractivity contribution is 8.01. The van der Waals surface area contributed by atoms with E-state index in [0.717, 1.165) is 36.1 Å². The third kappa shape index (κ3) is 5.10. The number of carbonyl (C=O) groups excluding carboxylic acids is 3. The van der Waals surface area contributed by atoms with Crippen LogP contribution < -0.4 is 25.6 Å². The molecule has 3 N–H and O–H groups in total. The molecule has 1 saturated carbocycles. The van der Waals surface area contributed by atoms with Crippen LogP contribution in [0.1, 0.15) is 42.1 Å². The topological polar surface area (TPSA) is 138 Å².